The van der Waals surface area contributed by atoms with E-state index in [0.717, 1.165) is 22.9 Å². The van der Waals surface area contributed by atoms with Crippen molar-refractivity contribution in [3.05, 3.63) is 52.8 Å². The van der Waals surface area contributed by atoms with Gasteiger partial charge in [-0.2, -0.15) is 0 Å². The minimum atomic E-state index is 0.368. The van der Waals surface area contributed by atoms with Crippen LogP contribution >= 0.6 is 11.6 Å². The molecule has 0 fully saturated rings. The first-order valence-electron chi connectivity index (χ1n) is 7.20. The van der Waals surface area contributed by atoms with Crippen molar-refractivity contribution in [1.82, 2.24) is 9.88 Å². The number of ether oxygens (including phenoxy) is 1. The largest absolute Gasteiger partial charge is 0.496 e. The number of hydrogen-bond donors (Lipinski definition) is 1. The van der Waals surface area contributed by atoms with Crippen LogP contribution < -0.4 is 10.1 Å². The van der Waals surface area contributed by atoms with Gasteiger partial charge in [0.05, 0.1) is 13.7 Å². The van der Waals surface area contributed by atoms with E-state index in [9.17, 15) is 0 Å². The molecular weight excluding hydrogens is 284 g/mol. The van der Waals surface area contributed by atoms with Gasteiger partial charge < -0.3 is 14.6 Å². The third kappa shape index (κ3) is 3.80. The number of nitrogens with zero attached hydrogens (tertiary/aromatic N) is 1. The van der Waals surface area contributed by atoms with Crippen LogP contribution in [-0.4, -0.2) is 18.7 Å². The number of benzene rings is 1. The lowest BCUT2D eigenvalue weighted by molar-refractivity contribution is 0.408. The molecule has 21 heavy (non-hydrogen) atoms. The molecule has 0 saturated carbocycles. The molecule has 4 heteroatoms. The summed E-state index contributed by atoms with van der Waals surface area (Å²) in [5, 5.41) is 4.10. The highest BCUT2D eigenvalue weighted by molar-refractivity contribution is 6.30. The zero-order chi connectivity index (χ0) is 15.4. The molecule has 1 unspecified atom stereocenters. The van der Waals surface area contributed by atoms with E-state index in [4.69, 9.17) is 16.3 Å². The average molecular weight is 307 g/mol. The van der Waals surface area contributed by atoms with E-state index in [2.05, 4.69) is 42.2 Å². The first kappa shape index (κ1) is 15.9. The Labute approximate surface area is 131 Å². The topological polar surface area (TPSA) is 26.2 Å². The summed E-state index contributed by atoms with van der Waals surface area (Å²) >= 11 is 6.08. The van der Waals surface area contributed by atoms with E-state index in [-0.39, 0.29) is 0 Å². The number of hydrogen-bond acceptors (Lipinski definition) is 2. The molecule has 0 aliphatic rings. The smallest absolute Gasteiger partial charge is 0.123 e. The van der Waals surface area contributed by atoms with Crippen molar-refractivity contribution in [3.8, 4) is 5.75 Å². The van der Waals surface area contributed by atoms with E-state index in [1.807, 2.05) is 25.2 Å². The Hall–Kier alpha value is -1.45. The van der Waals surface area contributed by atoms with Crippen LogP contribution in [0.1, 0.15) is 31.0 Å². The summed E-state index contributed by atoms with van der Waals surface area (Å²) in [4.78, 5) is 0. The molecule has 1 heterocycles. The van der Waals surface area contributed by atoms with Crippen molar-refractivity contribution < 1.29 is 4.74 Å². The molecule has 1 aromatic heterocycles. The summed E-state index contributed by atoms with van der Waals surface area (Å²) in [5.41, 5.74) is 2.38. The molecule has 114 valence electrons. The van der Waals surface area contributed by atoms with Gasteiger partial charge in [-0.05, 0) is 42.8 Å². The molecule has 1 aromatic carbocycles. The summed E-state index contributed by atoms with van der Waals surface area (Å²) < 4.78 is 7.56. The number of halogens is 1. The van der Waals surface area contributed by atoms with Crippen LogP contribution in [0, 0.1) is 5.92 Å². The summed E-state index contributed by atoms with van der Waals surface area (Å²) in [6.07, 6.45) is 4.28. The summed E-state index contributed by atoms with van der Waals surface area (Å²) in [5.74, 6) is 1.41. The van der Waals surface area contributed by atoms with Crippen LogP contribution in [0.2, 0.25) is 5.02 Å². The predicted octanol–water partition coefficient (Wildman–Crippen LogP) is 4.11. The van der Waals surface area contributed by atoms with E-state index >= 15 is 0 Å². The Morgan fingerprint density at radius 3 is 2.67 bits per heavy atom. The SMILES string of the molecule is CNC(c1ccn(Cc2cc(Cl)ccc2OC)c1)C(C)C. The Morgan fingerprint density at radius 1 is 1.29 bits per heavy atom. The number of nitrogens with one attached hydrogen (secondary N) is 1. The van der Waals surface area contributed by atoms with Gasteiger partial charge in [-0.25, -0.2) is 0 Å². The van der Waals surface area contributed by atoms with Gasteiger partial charge in [0.25, 0.3) is 0 Å². The molecule has 0 saturated heterocycles. The molecular formula is C17H23ClN2O. The van der Waals surface area contributed by atoms with Crippen molar-refractivity contribution in [3.63, 3.8) is 0 Å². The lowest BCUT2D eigenvalue weighted by atomic mass is 9.99. The van der Waals surface area contributed by atoms with Gasteiger partial charge in [0.2, 0.25) is 0 Å². The predicted molar refractivity (Wildman–Crippen MR) is 88.2 cm³/mol. The molecule has 0 amide bonds. The fourth-order valence-electron chi connectivity index (χ4n) is 2.69. The van der Waals surface area contributed by atoms with Gasteiger partial charge in [0.15, 0.2) is 0 Å². The van der Waals surface area contributed by atoms with E-state index in [0.29, 0.717) is 12.0 Å². The Kier molecular flexibility index (Phi) is 5.32. The molecule has 0 bridgehead atoms. The van der Waals surface area contributed by atoms with Gasteiger partial charge in [0, 0.05) is 29.0 Å². The fourth-order valence-corrected chi connectivity index (χ4v) is 2.89. The minimum absolute atomic E-state index is 0.368. The maximum absolute atomic E-state index is 6.08. The lowest BCUT2D eigenvalue weighted by Gasteiger charge is -2.18. The van der Waals surface area contributed by atoms with Crippen molar-refractivity contribution in [1.29, 1.82) is 0 Å². The van der Waals surface area contributed by atoms with Crippen LogP contribution in [-0.2, 0) is 6.54 Å². The van der Waals surface area contributed by atoms with Crippen molar-refractivity contribution in [2.75, 3.05) is 14.2 Å². The molecule has 1 atom stereocenters. The van der Waals surface area contributed by atoms with Gasteiger partial charge in [-0.1, -0.05) is 25.4 Å². The second kappa shape index (κ2) is 7.01. The molecule has 0 aliphatic carbocycles. The van der Waals surface area contributed by atoms with Crippen LogP contribution in [0.4, 0.5) is 0 Å². The zero-order valence-electron chi connectivity index (χ0n) is 13.1. The first-order chi connectivity index (χ1) is 10.0. The number of rotatable bonds is 6. The highest BCUT2D eigenvalue weighted by Crippen LogP contribution is 2.25. The fraction of sp³-hybridized carbons (Fsp3) is 0.412. The number of methoxy groups -OCH3 is 1. The van der Waals surface area contributed by atoms with Crippen LogP contribution in [0.5, 0.6) is 5.75 Å². The average Bonchev–Trinajstić information content (AvgIpc) is 2.87. The summed E-state index contributed by atoms with van der Waals surface area (Å²) in [6.45, 7) is 5.19. The molecule has 0 radical (unpaired) electrons. The third-order valence-electron chi connectivity index (χ3n) is 3.71. The molecule has 0 spiro atoms. The maximum atomic E-state index is 6.08. The van der Waals surface area contributed by atoms with Crippen molar-refractivity contribution >= 4 is 11.6 Å². The van der Waals surface area contributed by atoms with E-state index in [1.54, 1.807) is 7.11 Å². The van der Waals surface area contributed by atoms with Gasteiger partial charge in [0.1, 0.15) is 5.75 Å². The molecule has 0 aliphatic heterocycles. The van der Waals surface area contributed by atoms with E-state index < -0.39 is 0 Å². The van der Waals surface area contributed by atoms with Gasteiger partial charge in [-0.3, -0.25) is 0 Å². The minimum Gasteiger partial charge on any atom is -0.496 e. The Morgan fingerprint density at radius 2 is 2.05 bits per heavy atom. The highest BCUT2D eigenvalue weighted by atomic mass is 35.5. The monoisotopic (exact) mass is 306 g/mol. The van der Waals surface area contributed by atoms with Crippen molar-refractivity contribution in [2.45, 2.75) is 26.4 Å². The first-order valence-corrected chi connectivity index (χ1v) is 7.58. The van der Waals surface area contributed by atoms with Crippen molar-refractivity contribution in [2.24, 2.45) is 5.92 Å². The third-order valence-corrected chi connectivity index (χ3v) is 3.94. The number of aromatic nitrogens is 1. The van der Waals surface area contributed by atoms with E-state index in [1.165, 1.54) is 5.56 Å². The lowest BCUT2D eigenvalue weighted by Crippen LogP contribution is -2.21. The quantitative estimate of drug-likeness (QED) is 0.869. The second-order valence-electron chi connectivity index (χ2n) is 5.58. The van der Waals surface area contributed by atoms with Crippen LogP contribution in [0.3, 0.4) is 0 Å². The van der Waals surface area contributed by atoms with Crippen LogP contribution in [0.15, 0.2) is 36.7 Å². The van der Waals surface area contributed by atoms with Crippen LogP contribution in [0.25, 0.3) is 0 Å². The Bertz CT molecular complexity index is 592. The zero-order valence-corrected chi connectivity index (χ0v) is 13.8. The highest BCUT2D eigenvalue weighted by Gasteiger charge is 2.14. The molecule has 1 N–H and O–H groups in total. The molecule has 2 aromatic rings. The standard InChI is InChI=1S/C17H23ClN2O/c1-12(2)17(19-3)13-7-8-20(10-13)11-14-9-15(18)5-6-16(14)21-4/h5-10,12,17,19H,11H2,1-4H3. The summed E-state index contributed by atoms with van der Waals surface area (Å²) in [6, 6.07) is 8.25. The maximum Gasteiger partial charge on any atom is 0.123 e. The normalized spacial score (nSPS) is 12.7. The second-order valence-corrected chi connectivity index (χ2v) is 6.02. The Balaban J connectivity index is 2.21. The van der Waals surface area contributed by atoms with Gasteiger partial charge in [-0.15, -0.1) is 0 Å². The molecule has 3 nitrogen and oxygen atoms in total. The van der Waals surface area contributed by atoms with Gasteiger partial charge >= 0.3 is 0 Å². The molecule has 2 rings (SSSR count). The summed E-state index contributed by atoms with van der Waals surface area (Å²) in [7, 11) is 3.69.